The van der Waals surface area contributed by atoms with Gasteiger partial charge < -0.3 is 150 Å². The summed E-state index contributed by atoms with van der Waals surface area (Å²) < 4.78 is 59.0. The topological polar surface area (TPSA) is 524 Å². The fourth-order valence-electron chi connectivity index (χ4n) is 9.15. The number of nitrogens with one attached hydrogen (secondary N) is 3. The first-order chi connectivity index (χ1) is 35.3. The van der Waals surface area contributed by atoms with Crippen LogP contribution >= 0.6 is 0 Å². The van der Waals surface area contributed by atoms with E-state index in [1.807, 2.05) is 0 Å². The number of hydrogen-bond acceptors (Lipinski definition) is 30. The number of aliphatic hydroxyl groups is 17. The zero-order valence-corrected chi connectivity index (χ0v) is 40.9. The molecule has 29 atom stereocenters. The second-order valence-electron chi connectivity index (χ2n) is 18.8. The third kappa shape index (κ3) is 14.8. The van der Waals surface area contributed by atoms with E-state index in [0.29, 0.717) is 0 Å². The maximum Gasteiger partial charge on any atom is 0.217 e. The van der Waals surface area contributed by atoms with Gasteiger partial charge in [-0.15, -0.1) is 0 Å². The number of hydrogen-bond donors (Lipinski definition) is 20. The van der Waals surface area contributed by atoms with E-state index in [9.17, 15) is 101 Å². The second-order valence-corrected chi connectivity index (χ2v) is 18.8. The first kappa shape index (κ1) is 63.2. The third-order valence-electron chi connectivity index (χ3n) is 13.2. The van der Waals surface area contributed by atoms with E-state index in [0.717, 1.165) is 20.8 Å². The maximum absolute atomic E-state index is 13.1. The molecule has 5 aliphatic heterocycles. The van der Waals surface area contributed by atoms with Gasteiger partial charge in [-0.3, -0.25) is 14.4 Å². The Morgan fingerprint density at radius 1 is 0.480 bits per heavy atom. The fourth-order valence-corrected chi connectivity index (χ4v) is 9.15. The molecule has 33 heteroatoms. The van der Waals surface area contributed by atoms with Crippen molar-refractivity contribution in [1.29, 1.82) is 0 Å². The lowest BCUT2D eigenvalue weighted by molar-refractivity contribution is -0.388. The predicted octanol–water partition coefficient (Wildman–Crippen LogP) is -13.0. The highest BCUT2D eigenvalue weighted by molar-refractivity contribution is 5.74. The number of ether oxygens (including phenoxy) is 10. The average molecular weight is 1100 g/mol. The van der Waals surface area contributed by atoms with Gasteiger partial charge in [-0.2, -0.15) is 0 Å². The number of aliphatic hydroxyl groups excluding tert-OH is 17. The number of carbonyl (C=O) groups excluding carboxylic acids is 3. The summed E-state index contributed by atoms with van der Waals surface area (Å²) >= 11 is 0. The molecule has 0 spiro atoms. The van der Waals surface area contributed by atoms with Gasteiger partial charge >= 0.3 is 0 Å². The van der Waals surface area contributed by atoms with Gasteiger partial charge in [0.05, 0.1) is 51.8 Å². The zero-order valence-electron chi connectivity index (χ0n) is 40.9. The van der Waals surface area contributed by atoms with Crippen molar-refractivity contribution < 1.29 is 149 Å². The van der Waals surface area contributed by atoms with Gasteiger partial charge in [-0.1, -0.05) is 0 Å². The Balaban J connectivity index is 1.59. The summed E-state index contributed by atoms with van der Waals surface area (Å²) in [5, 5.41) is 189. The molecule has 0 unspecified atom stereocenters. The Kier molecular flexibility index (Phi) is 23.5. The largest absolute Gasteiger partial charge is 0.394 e. The highest BCUT2D eigenvalue weighted by atomic mass is 16.8. The summed E-state index contributed by atoms with van der Waals surface area (Å²) in [5.41, 5.74) is 0. The molecule has 0 aromatic rings. The summed E-state index contributed by atoms with van der Waals surface area (Å²) in [6, 6.07) is -5.11. The molecular weight excluding hydrogens is 1030 g/mol. The van der Waals surface area contributed by atoms with Crippen LogP contribution in [0.3, 0.4) is 0 Å². The smallest absolute Gasteiger partial charge is 0.217 e. The third-order valence-corrected chi connectivity index (χ3v) is 13.2. The molecule has 5 aliphatic rings. The fraction of sp³-hybridized carbons (Fsp3) is 0.929. The lowest BCUT2D eigenvalue weighted by Gasteiger charge is -2.51. The van der Waals surface area contributed by atoms with Crippen LogP contribution in [0.2, 0.25) is 0 Å². The summed E-state index contributed by atoms with van der Waals surface area (Å²) in [7, 11) is 0. The molecule has 3 amide bonds. The highest BCUT2D eigenvalue weighted by Gasteiger charge is 2.58. The lowest BCUT2D eigenvalue weighted by atomic mass is 9.93. The average Bonchev–Trinajstić information content (AvgIpc) is 3.37. The van der Waals surface area contributed by atoms with Crippen LogP contribution in [0.4, 0.5) is 0 Å². The molecule has 0 bridgehead atoms. The van der Waals surface area contributed by atoms with E-state index in [4.69, 9.17) is 47.4 Å². The Hall–Kier alpha value is -2.67. The monoisotopic (exact) mass is 1100 g/mol. The zero-order chi connectivity index (χ0) is 55.9. The van der Waals surface area contributed by atoms with Crippen molar-refractivity contribution in [2.24, 2.45) is 0 Å². The van der Waals surface area contributed by atoms with Crippen LogP contribution in [0, 0.1) is 0 Å². The molecular formula is C42H73N3O30. The van der Waals surface area contributed by atoms with E-state index in [-0.39, 0.29) is 0 Å². The normalized spacial score (nSPS) is 44.2. The van der Waals surface area contributed by atoms with Crippen molar-refractivity contribution in [2.45, 2.75) is 205 Å². The van der Waals surface area contributed by atoms with E-state index < -0.39 is 235 Å². The summed E-state index contributed by atoms with van der Waals surface area (Å²) in [6.45, 7) is -1.70. The van der Waals surface area contributed by atoms with Crippen LogP contribution in [0.15, 0.2) is 0 Å². The summed E-state index contributed by atoms with van der Waals surface area (Å²) in [4.78, 5) is 37.5. The van der Waals surface area contributed by atoms with Gasteiger partial charge in [0, 0.05) is 20.8 Å². The summed E-state index contributed by atoms with van der Waals surface area (Å²) in [6.07, 6.45) is -50.4. The Morgan fingerprint density at radius 2 is 0.973 bits per heavy atom. The molecule has 0 aromatic heterocycles. The van der Waals surface area contributed by atoms with E-state index in [1.165, 1.54) is 6.92 Å². The molecule has 5 fully saturated rings. The number of carbonyl (C=O) groups is 3. The van der Waals surface area contributed by atoms with Gasteiger partial charge in [-0.25, -0.2) is 0 Å². The van der Waals surface area contributed by atoms with Gasteiger partial charge in [0.15, 0.2) is 31.5 Å². The standard InChI is InChI=1S/C42H73N3O30/c1-11-23(55)29(61)31(63)40(67-11)74-36-22(45-14(4)53)39(70-19(9-50)35(36)73-41-32(64)30(62)26(58)18(8-49)69-41)75-37-27(59)20(10-66-38-21(44-13(3)52)28(60)25(57)17(7-48)68-38)71-42(33(37)65)72-34(24(56)16(54)6-47)15(5-46)43-12(2)51/h11,15-42,46-50,54-65H,5-10H2,1-4H3,(H,43,51)(H,44,52)(H,45,53)/t11-,15-,16+,17+,18+,19+,20+,21+,22+,23+,24-,25+,26-,27-,28+,29+,30-,31-,32+,33+,34+,35+,36+,37-,38+,39-,40-,41-,42-/m0/s1. The van der Waals surface area contributed by atoms with Crippen LogP contribution in [0.5, 0.6) is 0 Å². The van der Waals surface area contributed by atoms with Gasteiger partial charge in [0.1, 0.15) is 134 Å². The van der Waals surface area contributed by atoms with Crippen molar-refractivity contribution in [2.75, 3.05) is 39.6 Å². The van der Waals surface area contributed by atoms with Crippen molar-refractivity contribution in [3.05, 3.63) is 0 Å². The minimum Gasteiger partial charge on any atom is -0.394 e. The van der Waals surface area contributed by atoms with Crippen LogP contribution in [0.25, 0.3) is 0 Å². The molecule has 20 N–H and O–H groups in total. The Bertz CT molecular complexity index is 1800. The minimum absolute atomic E-state index is 0.754. The molecule has 75 heavy (non-hydrogen) atoms. The molecule has 0 saturated carbocycles. The Morgan fingerprint density at radius 3 is 1.52 bits per heavy atom. The molecule has 436 valence electrons. The van der Waals surface area contributed by atoms with Crippen LogP contribution in [-0.4, -0.2) is 322 Å². The highest BCUT2D eigenvalue weighted by Crippen LogP contribution is 2.37. The maximum atomic E-state index is 13.1. The van der Waals surface area contributed by atoms with Crippen LogP contribution < -0.4 is 16.0 Å². The van der Waals surface area contributed by atoms with E-state index in [2.05, 4.69) is 16.0 Å². The molecule has 5 heterocycles. The van der Waals surface area contributed by atoms with Crippen molar-refractivity contribution in [3.63, 3.8) is 0 Å². The van der Waals surface area contributed by atoms with Gasteiger partial charge in [0.2, 0.25) is 17.7 Å². The Labute approximate surface area is 426 Å². The van der Waals surface area contributed by atoms with Crippen LogP contribution in [0.1, 0.15) is 27.7 Å². The first-order valence-corrected chi connectivity index (χ1v) is 23.9. The lowest BCUT2D eigenvalue weighted by Crippen LogP contribution is -2.71. The minimum atomic E-state index is -2.36. The molecule has 0 radical (unpaired) electrons. The quantitative estimate of drug-likeness (QED) is 0.0479. The molecule has 5 saturated heterocycles. The molecule has 33 nitrogen and oxygen atoms in total. The first-order valence-electron chi connectivity index (χ1n) is 23.9. The van der Waals surface area contributed by atoms with Crippen molar-refractivity contribution in [1.82, 2.24) is 16.0 Å². The summed E-state index contributed by atoms with van der Waals surface area (Å²) in [5.74, 6) is -2.49. The predicted molar refractivity (Wildman–Crippen MR) is 235 cm³/mol. The molecule has 0 aliphatic carbocycles. The molecule has 0 aromatic carbocycles. The van der Waals surface area contributed by atoms with Crippen molar-refractivity contribution >= 4 is 17.7 Å². The second kappa shape index (κ2) is 28.0. The van der Waals surface area contributed by atoms with Gasteiger partial charge in [0.25, 0.3) is 0 Å². The molecule has 5 rings (SSSR count). The number of rotatable bonds is 22. The van der Waals surface area contributed by atoms with Crippen molar-refractivity contribution in [3.8, 4) is 0 Å². The van der Waals surface area contributed by atoms with E-state index in [1.54, 1.807) is 0 Å². The SMILES string of the molecule is CC(=O)N[C@H]1[C@H](OC[C@H]2O[C@@H](O[C@@H]([C@@H](O)[C@H](O)CO)[C@H](CO)NC(C)=O)[C@H](O)[C@@H](O[C@@H]3O[C@H](CO)[C@@H](O[C@@H]4O[C@H](CO)[C@H](O)[C@H](O)[C@H]4O)[C@H](O[C@@H]4O[C@@H](C)[C@@H](O)[C@@H](O)[C@@H]4O)[C@H]3NC(C)=O)[C@H]2O)O[C@H](CO)[C@@H](O)[C@@H]1O. The van der Waals surface area contributed by atoms with E-state index >= 15 is 0 Å². The van der Waals surface area contributed by atoms with Crippen LogP contribution in [-0.2, 0) is 61.8 Å². The number of amides is 3. The van der Waals surface area contributed by atoms with Gasteiger partial charge in [-0.05, 0) is 6.92 Å².